The van der Waals surface area contributed by atoms with Gasteiger partial charge in [0.15, 0.2) is 5.11 Å². The number of benzene rings is 1. The predicted octanol–water partition coefficient (Wildman–Crippen LogP) is 1.26. The molecule has 1 N–H and O–H groups in total. The second kappa shape index (κ2) is 6.52. The molecule has 1 fully saturated rings. The van der Waals surface area contributed by atoms with Crippen molar-refractivity contribution >= 4 is 23.0 Å². The molecule has 0 radical (unpaired) electrons. The summed E-state index contributed by atoms with van der Waals surface area (Å²) in [5, 5.41) is 4.24. The molecule has 1 aromatic rings. The number of rotatable bonds is 3. The van der Waals surface area contributed by atoms with Crippen LogP contribution in [0.1, 0.15) is 5.56 Å². The van der Waals surface area contributed by atoms with E-state index in [4.69, 9.17) is 17.0 Å². The molecule has 1 aromatic carbocycles. The molecule has 0 unspecified atom stereocenters. The number of para-hydroxylation sites is 1. The topological polar surface area (TPSA) is 27.7 Å². The van der Waals surface area contributed by atoms with Gasteiger partial charge in [0.25, 0.3) is 0 Å². The third-order valence-electron chi connectivity index (χ3n) is 3.94. The van der Waals surface area contributed by atoms with Gasteiger partial charge in [0.05, 0.1) is 13.2 Å². The van der Waals surface area contributed by atoms with E-state index in [9.17, 15) is 0 Å². The first-order chi connectivity index (χ1) is 9.84. The molecule has 5 heteroatoms. The minimum atomic E-state index is 0.850. The minimum absolute atomic E-state index is 0.850. The molecule has 2 aliphatic heterocycles. The first-order valence-corrected chi connectivity index (χ1v) is 7.69. The van der Waals surface area contributed by atoms with Crippen molar-refractivity contribution in [3.63, 3.8) is 0 Å². The largest absolute Gasteiger partial charge is 0.379 e. The van der Waals surface area contributed by atoms with Crippen LogP contribution in [-0.4, -0.2) is 55.9 Å². The van der Waals surface area contributed by atoms with Crippen molar-refractivity contribution in [2.75, 3.05) is 50.8 Å². The van der Waals surface area contributed by atoms with Crippen molar-refractivity contribution in [1.29, 1.82) is 0 Å². The summed E-state index contributed by atoms with van der Waals surface area (Å²) < 4.78 is 5.35. The molecule has 108 valence electrons. The quantitative estimate of drug-likeness (QED) is 0.846. The van der Waals surface area contributed by atoms with Gasteiger partial charge in [0.2, 0.25) is 0 Å². The lowest BCUT2D eigenvalue weighted by Crippen LogP contribution is -2.44. The molecule has 0 atom stereocenters. The molecule has 0 spiro atoms. The smallest absolute Gasteiger partial charge is 0.173 e. The summed E-state index contributed by atoms with van der Waals surface area (Å²) in [4.78, 5) is 4.63. The third-order valence-corrected chi connectivity index (χ3v) is 4.30. The Morgan fingerprint density at radius 2 is 2.00 bits per heavy atom. The van der Waals surface area contributed by atoms with Crippen molar-refractivity contribution in [3.05, 3.63) is 29.8 Å². The molecule has 0 amide bonds. The normalized spacial score (nSPS) is 18.9. The third kappa shape index (κ3) is 3.11. The molecule has 0 aliphatic carbocycles. The van der Waals surface area contributed by atoms with Gasteiger partial charge in [-0.15, -0.1) is 0 Å². The predicted molar refractivity (Wildman–Crippen MR) is 85.4 cm³/mol. The van der Waals surface area contributed by atoms with Crippen LogP contribution in [0, 0.1) is 0 Å². The first kappa shape index (κ1) is 13.8. The number of nitrogens with zero attached hydrogens (tertiary/aromatic N) is 2. The molecular formula is C15H21N3OS. The number of morpholine rings is 1. The zero-order chi connectivity index (χ0) is 13.8. The number of fused-ring (bicyclic) bond motifs is 1. The average molecular weight is 291 g/mol. The summed E-state index contributed by atoms with van der Waals surface area (Å²) in [5.74, 6) is 0. The Hall–Kier alpha value is -1.17. The van der Waals surface area contributed by atoms with Gasteiger partial charge in [0.1, 0.15) is 0 Å². The lowest BCUT2D eigenvalue weighted by Gasteiger charge is -2.27. The molecule has 1 saturated heterocycles. The van der Waals surface area contributed by atoms with Crippen LogP contribution in [0.4, 0.5) is 5.69 Å². The Balaban J connectivity index is 1.48. The molecule has 2 heterocycles. The summed E-state index contributed by atoms with van der Waals surface area (Å²) in [7, 11) is 0. The van der Waals surface area contributed by atoms with Gasteiger partial charge in [-0.25, -0.2) is 0 Å². The fourth-order valence-corrected chi connectivity index (χ4v) is 3.08. The van der Waals surface area contributed by atoms with Crippen LogP contribution in [0.3, 0.4) is 0 Å². The Morgan fingerprint density at radius 1 is 1.20 bits per heavy atom. The highest BCUT2D eigenvalue weighted by molar-refractivity contribution is 7.80. The molecular weight excluding hydrogens is 270 g/mol. The average Bonchev–Trinajstić information content (AvgIpc) is 2.92. The number of hydrogen-bond donors (Lipinski definition) is 1. The second-order valence-corrected chi connectivity index (χ2v) is 5.60. The van der Waals surface area contributed by atoms with Gasteiger partial charge in [-0.2, -0.15) is 0 Å². The van der Waals surface area contributed by atoms with Gasteiger partial charge in [-0.3, -0.25) is 4.90 Å². The molecule has 3 rings (SSSR count). The SMILES string of the molecule is S=C(NCCN1CCOCC1)N1CCc2ccccc21. The van der Waals surface area contributed by atoms with E-state index in [1.165, 1.54) is 11.3 Å². The highest BCUT2D eigenvalue weighted by Crippen LogP contribution is 2.27. The van der Waals surface area contributed by atoms with Crippen molar-refractivity contribution in [3.8, 4) is 0 Å². The number of anilines is 1. The minimum Gasteiger partial charge on any atom is -0.379 e. The second-order valence-electron chi connectivity index (χ2n) is 5.22. The molecule has 2 aliphatic rings. The summed E-state index contributed by atoms with van der Waals surface area (Å²) >= 11 is 5.53. The van der Waals surface area contributed by atoms with E-state index in [1.54, 1.807) is 0 Å². The van der Waals surface area contributed by atoms with E-state index in [-0.39, 0.29) is 0 Å². The molecule has 0 bridgehead atoms. The summed E-state index contributed by atoms with van der Waals surface area (Å²) in [6.07, 6.45) is 1.08. The maximum Gasteiger partial charge on any atom is 0.173 e. The number of nitrogens with one attached hydrogen (secondary N) is 1. The molecule has 4 nitrogen and oxygen atoms in total. The van der Waals surface area contributed by atoms with Crippen LogP contribution in [0.2, 0.25) is 0 Å². The van der Waals surface area contributed by atoms with Crippen molar-refractivity contribution < 1.29 is 4.74 Å². The van der Waals surface area contributed by atoms with E-state index in [1.807, 2.05) is 0 Å². The van der Waals surface area contributed by atoms with Crippen molar-refractivity contribution in [2.24, 2.45) is 0 Å². The van der Waals surface area contributed by atoms with Crippen LogP contribution in [-0.2, 0) is 11.2 Å². The van der Waals surface area contributed by atoms with Gasteiger partial charge in [-0.05, 0) is 30.3 Å². The maximum absolute atomic E-state index is 5.53. The molecule has 0 aromatic heterocycles. The molecule has 20 heavy (non-hydrogen) atoms. The van der Waals surface area contributed by atoms with Crippen LogP contribution in [0.5, 0.6) is 0 Å². The monoisotopic (exact) mass is 291 g/mol. The standard InChI is InChI=1S/C15H21N3OS/c20-15(16-6-8-17-9-11-19-12-10-17)18-7-5-13-3-1-2-4-14(13)18/h1-4H,5-12H2,(H,16,20). The summed E-state index contributed by atoms with van der Waals surface area (Å²) in [6, 6.07) is 8.51. The van der Waals surface area contributed by atoms with Gasteiger partial charge < -0.3 is 15.0 Å². The fourth-order valence-electron chi connectivity index (χ4n) is 2.79. The summed E-state index contributed by atoms with van der Waals surface area (Å²) in [5.41, 5.74) is 2.65. The van der Waals surface area contributed by atoms with E-state index in [2.05, 4.69) is 39.4 Å². The highest BCUT2D eigenvalue weighted by atomic mass is 32.1. The van der Waals surface area contributed by atoms with Gasteiger partial charge >= 0.3 is 0 Å². The first-order valence-electron chi connectivity index (χ1n) is 7.28. The van der Waals surface area contributed by atoms with Gasteiger partial charge in [0, 0.05) is 38.4 Å². The number of thiocarbonyl (C=S) groups is 1. The zero-order valence-corrected chi connectivity index (χ0v) is 12.5. The Labute approximate surface area is 125 Å². The summed E-state index contributed by atoms with van der Waals surface area (Å²) in [6.45, 7) is 6.68. The number of ether oxygens (including phenoxy) is 1. The lowest BCUT2D eigenvalue weighted by atomic mass is 10.2. The fraction of sp³-hybridized carbons (Fsp3) is 0.533. The molecule has 0 saturated carbocycles. The zero-order valence-electron chi connectivity index (χ0n) is 11.7. The Kier molecular flexibility index (Phi) is 4.50. The van der Waals surface area contributed by atoms with E-state index >= 15 is 0 Å². The van der Waals surface area contributed by atoms with E-state index < -0.39 is 0 Å². The van der Waals surface area contributed by atoms with Gasteiger partial charge in [-0.1, -0.05) is 18.2 Å². The van der Waals surface area contributed by atoms with Crippen LogP contribution >= 0.6 is 12.2 Å². The van der Waals surface area contributed by atoms with Crippen LogP contribution in [0.15, 0.2) is 24.3 Å². The Morgan fingerprint density at radius 3 is 2.85 bits per heavy atom. The van der Waals surface area contributed by atoms with Crippen LogP contribution < -0.4 is 10.2 Å². The maximum atomic E-state index is 5.53. The van der Waals surface area contributed by atoms with Crippen LogP contribution in [0.25, 0.3) is 0 Å². The van der Waals surface area contributed by atoms with E-state index in [0.29, 0.717) is 0 Å². The lowest BCUT2D eigenvalue weighted by molar-refractivity contribution is 0.0389. The van der Waals surface area contributed by atoms with Crippen molar-refractivity contribution in [2.45, 2.75) is 6.42 Å². The Bertz CT molecular complexity index is 474. The van der Waals surface area contributed by atoms with E-state index in [0.717, 1.165) is 57.5 Å². The number of hydrogen-bond acceptors (Lipinski definition) is 3. The highest BCUT2D eigenvalue weighted by Gasteiger charge is 2.21. The van der Waals surface area contributed by atoms with Crippen molar-refractivity contribution in [1.82, 2.24) is 10.2 Å².